The van der Waals surface area contributed by atoms with Gasteiger partial charge in [0.2, 0.25) is 0 Å². The van der Waals surface area contributed by atoms with Crippen LogP contribution in [0.5, 0.6) is 0 Å². The van der Waals surface area contributed by atoms with Gasteiger partial charge in [0, 0.05) is 12.0 Å². The van der Waals surface area contributed by atoms with E-state index in [4.69, 9.17) is 5.73 Å². The molecule has 0 saturated heterocycles. The summed E-state index contributed by atoms with van der Waals surface area (Å²) in [6.45, 7) is 0.607. The average Bonchev–Trinajstić information content (AvgIpc) is 2.50. The lowest BCUT2D eigenvalue weighted by atomic mass is 9.96. The van der Waals surface area contributed by atoms with Gasteiger partial charge in [0.25, 0.3) is 0 Å². The average molecular weight is 403 g/mol. The molecule has 0 spiro atoms. The maximum atomic E-state index is 9.48. The normalized spacial score (nSPS) is 17.9. The molecule has 1 saturated carbocycles. The summed E-state index contributed by atoms with van der Waals surface area (Å²) in [4.78, 5) is 4.39. The predicted octanol–water partition coefficient (Wildman–Crippen LogP) is 2.62. The van der Waals surface area contributed by atoms with E-state index in [1.807, 2.05) is 30.3 Å². The van der Waals surface area contributed by atoms with E-state index < -0.39 is 0 Å². The molecular weight excluding hydrogens is 377 g/mol. The van der Waals surface area contributed by atoms with E-state index in [2.05, 4.69) is 10.3 Å². The highest BCUT2D eigenvalue weighted by Crippen LogP contribution is 2.17. The third kappa shape index (κ3) is 6.22. The topological polar surface area (TPSA) is 70.6 Å². The number of benzene rings is 1. The van der Waals surface area contributed by atoms with Gasteiger partial charge in [-0.05, 0) is 18.4 Å². The fourth-order valence-corrected chi connectivity index (χ4v) is 2.70. The van der Waals surface area contributed by atoms with Gasteiger partial charge in [-0.2, -0.15) is 0 Å². The van der Waals surface area contributed by atoms with Gasteiger partial charge in [-0.25, -0.2) is 0 Å². The number of hydrogen-bond acceptors (Lipinski definition) is 2. The van der Waals surface area contributed by atoms with E-state index in [0.29, 0.717) is 18.5 Å². The Balaban J connectivity index is 0.00000220. The van der Waals surface area contributed by atoms with Crippen LogP contribution in [-0.4, -0.2) is 30.3 Å². The number of hydrogen-bond donors (Lipinski definition) is 3. The number of aliphatic hydroxyl groups is 1. The van der Waals surface area contributed by atoms with Crippen molar-refractivity contribution in [2.24, 2.45) is 10.7 Å². The van der Waals surface area contributed by atoms with Crippen molar-refractivity contribution in [1.82, 2.24) is 5.32 Å². The van der Waals surface area contributed by atoms with Crippen LogP contribution in [0.15, 0.2) is 35.3 Å². The van der Waals surface area contributed by atoms with E-state index in [9.17, 15) is 5.11 Å². The first-order valence-electron chi connectivity index (χ1n) is 7.52. The fraction of sp³-hybridized carbons (Fsp3) is 0.562. The fourth-order valence-electron chi connectivity index (χ4n) is 2.70. The Morgan fingerprint density at radius 1 is 1.24 bits per heavy atom. The second kappa shape index (κ2) is 10.00. The molecule has 1 unspecified atom stereocenters. The number of halogens is 1. The lowest BCUT2D eigenvalue weighted by Gasteiger charge is -2.23. The molecule has 0 bridgehead atoms. The third-order valence-corrected chi connectivity index (χ3v) is 3.93. The van der Waals surface area contributed by atoms with Crippen molar-refractivity contribution in [2.75, 3.05) is 13.2 Å². The van der Waals surface area contributed by atoms with E-state index in [1.165, 1.54) is 32.1 Å². The maximum Gasteiger partial charge on any atom is 0.188 e. The highest BCUT2D eigenvalue weighted by molar-refractivity contribution is 14.0. The lowest BCUT2D eigenvalue weighted by molar-refractivity contribution is 0.268. The molecule has 118 valence electrons. The molecule has 0 radical (unpaired) electrons. The van der Waals surface area contributed by atoms with Crippen LogP contribution >= 0.6 is 24.0 Å². The molecule has 21 heavy (non-hydrogen) atoms. The molecule has 0 aliphatic heterocycles. The molecule has 0 heterocycles. The predicted molar refractivity (Wildman–Crippen MR) is 98.2 cm³/mol. The van der Waals surface area contributed by atoms with Crippen molar-refractivity contribution in [3.8, 4) is 0 Å². The molecule has 5 heteroatoms. The Morgan fingerprint density at radius 2 is 1.90 bits per heavy atom. The summed E-state index contributed by atoms with van der Waals surface area (Å²) in [5.74, 6) is 0.522. The van der Waals surface area contributed by atoms with Gasteiger partial charge >= 0.3 is 0 Å². The summed E-state index contributed by atoms with van der Waals surface area (Å²) in [5.41, 5.74) is 7.04. The van der Waals surface area contributed by atoms with E-state index >= 15 is 0 Å². The van der Waals surface area contributed by atoms with Crippen LogP contribution in [0.4, 0.5) is 0 Å². The minimum absolute atomic E-state index is 0. The molecule has 2 rings (SSSR count). The van der Waals surface area contributed by atoms with Crippen molar-refractivity contribution < 1.29 is 5.11 Å². The zero-order valence-electron chi connectivity index (χ0n) is 12.4. The van der Waals surface area contributed by atoms with Gasteiger partial charge in [-0.1, -0.05) is 49.6 Å². The van der Waals surface area contributed by atoms with Gasteiger partial charge in [0.15, 0.2) is 5.96 Å². The summed E-state index contributed by atoms with van der Waals surface area (Å²) in [6, 6.07) is 10.4. The minimum Gasteiger partial charge on any atom is -0.396 e. The summed E-state index contributed by atoms with van der Waals surface area (Å²) >= 11 is 0. The van der Waals surface area contributed by atoms with Gasteiger partial charge < -0.3 is 16.2 Å². The van der Waals surface area contributed by atoms with Gasteiger partial charge in [-0.15, -0.1) is 24.0 Å². The number of nitrogens with one attached hydrogen (secondary N) is 1. The highest BCUT2D eigenvalue weighted by atomic mass is 127. The minimum atomic E-state index is 0. The number of aliphatic imine (C=N–C) groups is 1. The molecule has 4 N–H and O–H groups in total. The zero-order chi connectivity index (χ0) is 14.2. The van der Waals surface area contributed by atoms with Crippen LogP contribution in [0.25, 0.3) is 0 Å². The van der Waals surface area contributed by atoms with Crippen molar-refractivity contribution >= 4 is 29.9 Å². The van der Waals surface area contributed by atoms with Gasteiger partial charge in [0.1, 0.15) is 0 Å². The molecule has 0 amide bonds. The first-order chi connectivity index (χ1) is 9.79. The molecule has 1 aromatic rings. The van der Waals surface area contributed by atoms with E-state index in [0.717, 1.165) is 5.56 Å². The summed E-state index contributed by atoms with van der Waals surface area (Å²) in [6.07, 6.45) is 6.23. The summed E-state index contributed by atoms with van der Waals surface area (Å²) < 4.78 is 0. The van der Waals surface area contributed by atoms with Crippen LogP contribution in [0, 0.1) is 0 Å². The highest BCUT2D eigenvalue weighted by Gasteiger charge is 2.14. The van der Waals surface area contributed by atoms with E-state index in [-0.39, 0.29) is 36.5 Å². The first-order valence-corrected chi connectivity index (χ1v) is 7.52. The van der Waals surface area contributed by atoms with Crippen molar-refractivity contribution in [2.45, 2.75) is 44.1 Å². The SMILES string of the molecule is I.NC(=NCC(CO)c1ccccc1)NC1CCCCC1. The van der Waals surface area contributed by atoms with Gasteiger partial charge in [0.05, 0.1) is 13.2 Å². The molecule has 0 aromatic heterocycles. The lowest BCUT2D eigenvalue weighted by Crippen LogP contribution is -2.41. The summed E-state index contributed by atoms with van der Waals surface area (Å²) in [5, 5.41) is 12.8. The Morgan fingerprint density at radius 3 is 2.52 bits per heavy atom. The maximum absolute atomic E-state index is 9.48. The number of aliphatic hydroxyl groups excluding tert-OH is 1. The molecule has 1 atom stereocenters. The smallest absolute Gasteiger partial charge is 0.188 e. The molecule has 4 nitrogen and oxygen atoms in total. The number of nitrogens with two attached hydrogens (primary N) is 1. The van der Waals surface area contributed by atoms with Crippen molar-refractivity contribution in [3.63, 3.8) is 0 Å². The largest absolute Gasteiger partial charge is 0.396 e. The Bertz CT molecular complexity index is 419. The molecule has 1 fully saturated rings. The third-order valence-electron chi connectivity index (χ3n) is 3.93. The van der Waals surface area contributed by atoms with Gasteiger partial charge in [-0.3, -0.25) is 4.99 Å². The Kier molecular flexibility index (Phi) is 8.68. The second-order valence-electron chi connectivity index (χ2n) is 5.50. The summed E-state index contributed by atoms with van der Waals surface area (Å²) in [7, 11) is 0. The van der Waals surface area contributed by atoms with Crippen molar-refractivity contribution in [3.05, 3.63) is 35.9 Å². The van der Waals surface area contributed by atoms with Crippen LogP contribution < -0.4 is 11.1 Å². The molecule has 1 aliphatic carbocycles. The van der Waals surface area contributed by atoms with Crippen LogP contribution in [0.2, 0.25) is 0 Å². The Labute approximate surface area is 144 Å². The van der Waals surface area contributed by atoms with E-state index in [1.54, 1.807) is 0 Å². The monoisotopic (exact) mass is 403 g/mol. The number of rotatable bonds is 5. The standard InChI is InChI=1S/C16H25N3O.HI/c17-16(19-15-9-5-2-6-10-15)18-11-14(12-20)13-7-3-1-4-8-13;/h1,3-4,7-8,14-15,20H,2,5-6,9-12H2,(H3,17,18,19);1H. The Hall–Kier alpha value is -0.820. The number of guanidine groups is 1. The molecule has 1 aliphatic rings. The number of nitrogens with zero attached hydrogens (tertiary/aromatic N) is 1. The van der Waals surface area contributed by atoms with Crippen LogP contribution in [-0.2, 0) is 0 Å². The zero-order valence-corrected chi connectivity index (χ0v) is 14.7. The molecule has 1 aromatic carbocycles. The molecular formula is C16H26IN3O. The first kappa shape index (κ1) is 18.2. The quantitative estimate of drug-likeness (QED) is 0.402. The second-order valence-corrected chi connectivity index (χ2v) is 5.50. The van der Waals surface area contributed by atoms with Crippen molar-refractivity contribution in [1.29, 1.82) is 0 Å². The van der Waals surface area contributed by atoms with Crippen LogP contribution in [0.1, 0.15) is 43.6 Å². The van der Waals surface area contributed by atoms with Crippen LogP contribution in [0.3, 0.4) is 0 Å².